The molecule has 0 aliphatic rings. The lowest BCUT2D eigenvalue weighted by molar-refractivity contribution is -0.292. The van der Waals surface area contributed by atoms with E-state index in [4.69, 9.17) is 16.1 Å². The summed E-state index contributed by atoms with van der Waals surface area (Å²) in [5.41, 5.74) is -1.89. The third-order valence-electron chi connectivity index (χ3n) is 2.19. The minimum Gasteiger partial charge on any atom is -0.573 e. The van der Waals surface area contributed by atoms with Crippen LogP contribution >= 0.6 is 10.7 Å². The Labute approximate surface area is 104 Å². The molecule has 0 atom stereocenters. The van der Waals surface area contributed by atoms with Gasteiger partial charge < -0.3 is 9.52 Å². The number of benzene rings is 1. The van der Waals surface area contributed by atoms with Crippen LogP contribution in [0.1, 0.15) is 0 Å². The molecule has 1 heterocycles. The second kappa shape index (κ2) is 3.97. The predicted molar refractivity (Wildman–Crippen MR) is 59.7 cm³/mol. The van der Waals surface area contributed by atoms with E-state index in [1.54, 1.807) is 0 Å². The smallest absolute Gasteiger partial charge is 0.454 e. The van der Waals surface area contributed by atoms with Crippen molar-refractivity contribution in [1.29, 1.82) is 5.39 Å². The van der Waals surface area contributed by atoms with E-state index in [9.17, 15) is 18.3 Å². The SMILES string of the molecule is N#[N+]c1c([O-])oc2ccc(S(=O)(=O)Cl)cc2c1=O. The first-order valence-corrected chi connectivity index (χ1v) is 6.73. The number of diazo groups is 1. The summed E-state index contributed by atoms with van der Waals surface area (Å²) in [6.45, 7) is 0. The molecule has 92 valence electrons. The van der Waals surface area contributed by atoms with Crippen molar-refractivity contribution in [3.63, 3.8) is 0 Å². The van der Waals surface area contributed by atoms with Crippen LogP contribution in [0.4, 0.5) is 5.69 Å². The largest absolute Gasteiger partial charge is 0.573 e. The van der Waals surface area contributed by atoms with Crippen molar-refractivity contribution in [2.75, 3.05) is 0 Å². The van der Waals surface area contributed by atoms with E-state index in [1.165, 1.54) is 0 Å². The topological polar surface area (TPSA) is 116 Å². The lowest BCUT2D eigenvalue weighted by Crippen LogP contribution is -2.05. The van der Waals surface area contributed by atoms with Crippen molar-refractivity contribution in [2.24, 2.45) is 0 Å². The minimum atomic E-state index is -4.02. The third kappa shape index (κ3) is 1.90. The summed E-state index contributed by atoms with van der Waals surface area (Å²) in [4.78, 5) is 13.9. The molecular weight excluding hydrogens is 284 g/mol. The highest BCUT2D eigenvalue weighted by Crippen LogP contribution is 2.26. The van der Waals surface area contributed by atoms with Gasteiger partial charge in [0.2, 0.25) is 5.39 Å². The van der Waals surface area contributed by atoms with E-state index in [-0.39, 0.29) is 15.9 Å². The normalized spacial score (nSPS) is 11.3. The van der Waals surface area contributed by atoms with Gasteiger partial charge in [-0.3, -0.25) is 4.79 Å². The van der Waals surface area contributed by atoms with Crippen LogP contribution in [0.15, 0.2) is 32.3 Å². The van der Waals surface area contributed by atoms with Gasteiger partial charge in [0.25, 0.3) is 14.5 Å². The fourth-order valence-corrected chi connectivity index (χ4v) is 2.16. The Morgan fingerprint density at radius 1 is 1.39 bits per heavy atom. The van der Waals surface area contributed by atoms with Crippen molar-refractivity contribution in [3.05, 3.63) is 33.4 Å². The van der Waals surface area contributed by atoms with Gasteiger partial charge in [0.05, 0.1) is 4.90 Å². The quantitative estimate of drug-likeness (QED) is 0.576. The van der Waals surface area contributed by atoms with Crippen molar-refractivity contribution in [3.8, 4) is 5.95 Å². The minimum absolute atomic E-state index is 0.124. The van der Waals surface area contributed by atoms with Gasteiger partial charge in [0, 0.05) is 21.7 Å². The highest BCUT2D eigenvalue weighted by molar-refractivity contribution is 8.13. The van der Waals surface area contributed by atoms with E-state index >= 15 is 0 Å². The lowest BCUT2D eigenvalue weighted by Gasteiger charge is -2.04. The molecule has 0 bridgehead atoms. The molecule has 0 fully saturated rings. The maximum atomic E-state index is 11.7. The maximum Gasteiger partial charge on any atom is 0.454 e. The fourth-order valence-electron chi connectivity index (χ4n) is 1.38. The molecule has 0 unspecified atom stereocenters. The van der Waals surface area contributed by atoms with E-state index in [2.05, 4.69) is 9.39 Å². The Bertz CT molecular complexity index is 850. The van der Waals surface area contributed by atoms with Crippen molar-refractivity contribution < 1.29 is 17.9 Å². The molecule has 0 spiro atoms. The summed E-state index contributed by atoms with van der Waals surface area (Å²) in [7, 11) is 1.10. The third-order valence-corrected chi connectivity index (χ3v) is 3.54. The summed E-state index contributed by atoms with van der Waals surface area (Å²) in [5, 5.41) is 19.5. The van der Waals surface area contributed by atoms with E-state index in [0.29, 0.717) is 0 Å². The Morgan fingerprint density at radius 2 is 2.06 bits per heavy atom. The maximum absolute atomic E-state index is 11.7. The Morgan fingerprint density at radius 3 is 2.61 bits per heavy atom. The van der Waals surface area contributed by atoms with Gasteiger partial charge in [-0.25, -0.2) is 8.42 Å². The molecule has 1 aromatic carbocycles. The highest BCUT2D eigenvalue weighted by Gasteiger charge is 2.19. The van der Waals surface area contributed by atoms with Gasteiger partial charge in [0.15, 0.2) is 10.9 Å². The van der Waals surface area contributed by atoms with Crippen LogP contribution < -0.4 is 10.5 Å². The first-order valence-electron chi connectivity index (χ1n) is 4.42. The summed E-state index contributed by atoms with van der Waals surface area (Å²) >= 11 is 0. The molecule has 7 nitrogen and oxygen atoms in total. The number of hydrogen-bond acceptors (Lipinski definition) is 6. The Hall–Kier alpha value is -2.11. The molecule has 0 aliphatic heterocycles. The molecule has 18 heavy (non-hydrogen) atoms. The molecule has 2 aromatic rings. The van der Waals surface area contributed by atoms with E-state index < -0.39 is 26.1 Å². The van der Waals surface area contributed by atoms with E-state index in [0.717, 1.165) is 18.2 Å². The van der Waals surface area contributed by atoms with Crippen molar-refractivity contribution in [1.82, 2.24) is 0 Å². The average molecular weight is 287 g/mol. The molecule has 0 aliphatic carbocycles. The zero-order valence-electron chi connectivity index (χ0n) is 8.45. The number of nitrogens with zero attached hydrogens (tertiary/aromatic N) is 2. The van der Waals surface area contributed by atoms with Crippen LogP contribution in [0, 0.1) is 5.39 Å². The molecule has 1 aromatic heterocycles. The number of halogens is 1. The first-order chi connectivity index (χ1) is 8.34. The van der Waals surface area contributed by atoms with Crippen LogP contribution in [0.25, 0.3) is 15.9 Å². The summed E-state index contributed by atoms with van der Waals surface area (Å²) < 4.78 is 26.9. The second-order valence-electron chi connectivity index (χ2n) is 3.26. The van der Waals surface area contributed by atoms with Crippen LogP contribution in [0.5, 0.6) is 5.95 Å². The molecule has 2 rings (SSSR count). The predicted octanol–water partition coefficient (Wildman–Crippen LogP) is 1.28. The second-order valence-corrected chi connectivity index (χ2v) is 5.83. The number of rotatable bonds is 1. The summed E-state index contributed by atoms with van der Waals surface area (Å²) in [5.74, 6) is -1.11. The molecule has 0 saturated heterocycles. The van der Waals surface area contributed by atoms with Crippen LogP contribution in [0.2, 0.25) is 0 Å². The van der Waals surface area contributed by atoms with Crippen LogP contribution in [-0.4, -0.2) is 8.42 Å². The van der Waals surface area contributed by atoms with Crippen LogP contribution in [-0.2, 0) is 9.05 Å². The fraction of sp³-hybridized carbons (Fsp3) is 0. The monoisotopic (exact) mass is 286 g/mol. The molecule has 0 radical (unpaired) electrons. The van der Waals surface area contributed by atoms with Gasteiger partial charge in [-0.2, -0.15) is 0 Å². The van der Waals surface area contributed by atoms with Gasteiger partial charge in [-0.15, -0.1) is 0 Å². The van der Waals surface area contributed by atoms with E-state index in [1.807, 2.05) is 0 Å². The first kappa shape index (κ1) is 12.3. The van der Waals surface area contributed by atoms with Gasteiger partial charge in [0.1, 0.15) is 0 Å². The van der Waals surface area contributed by atoms with Gasteiger partial charge in [-0.1, -0.05) is 0 Å². The molecule has 0 amide bonds. The molecule has 9 heteroatoms. The zero-order valence-corrected chi connectivity index (χ0v) is 10.0. The van der Waals surface area contributed by atoms with Crippen molar-refractivity contribution in [2.45, 2.75) is 4.90 Å². The Balaban J connectivity index is 2.95. The standard InChI is InChI=1S/C9H3ClN2O5S/c10-18(15,16)4-1-2-6-5(3-4)8(13)7(12-11)9(14)17-6/h1-3H. The number of hydrogen-bond donors (Lipinski definition) is 0. The highest BCUT2D eigenvalue weighted by atomic mass is 35.7. The molecule has 0 N–H and O–H groups in total. The molecular formula is C9H3ClN2O5S. The molecule has 0 saturated carbocycles. The summed E-state index contributed by atoms with van der Waals surface area (Å²) in [6.07, 6.45) is 0. The lowest BCUT2D eigenvalue weighted by atomic mass is 10.2. The van der Waals surface area contributed by atoms with Gasteiger partial charge in [-0.05, 0) is 18.2 Å². The van der Waals surface area contributed by atoms with Crippen LogP contribution in [0.3, 0.4) is 0 Å². The Kier molecular flexibility index (Phi) is 2.73. The van der Waals surface area contributed by atoms with Crippen molar-refractivity contribution >= 4 is 36.4 Å². The summed E-state index contributed by atoms with van der Waals surface area (Å²) in [6, 6.07) is 3.15. The van der Waals surface area contributed by atoms with Gasteiger partial charge >= 0.3 is 5.69 Å². The number of fused-ring (bicyclic) bond motifs is 1. The zero-order chi connectivity index (χ0) is 13.5. The average Bonchev–Trinajstić information content (AvgIpc) is 2.27.